The Balaban J connectivity index is 2.16. The van der Waals surface area contributed by atoms with Gasteiger partial charge in [0.25, 0.3) is 0 Å². The molecule has 1 aliphatic heterocycles. The van der Waals surface area contributed by atoms with Gasteiger partial charge in [-0.25, -0.2) is 0 Å². The van der Waals surface area contributed by atoms with E-state index in [0.29, 0.717) is 11.6 Å². The van der Waals surface area contributed by atoms with Gasteiger partial charge in [0.1, 0.15) is 5.75 Å². The van der Waals surface area contributed by atoms with Gasteiger partial charge in [-0.1, -0.05) is 0 Å². The number of benzene rings is 1. The molecule has 0 aromatic heterocycles. The predicted molar refractivity (Wildman–Crippen MR) is 65.7 cm³/mol. The minimum absolute atomic E-state index is 0.181. The lowest BCUT2D eigenvalue weighted by molar-refractivity contribution is 0.474. The topological polar surface area (TPSA) is 59.4 Å². The summed E-state index contributed by atoms with van der Waals surface area (Å²) in [5.74, 6) is 0.181. The largest absolute Gasteiger partial charge is 0.507 e. The summed E-state index contributed by atoms with van der Waals surface area (Å²) in [4.78, 5) is 2.24. The number of phenolic OH excluding ortho intramolecular Hbond substituents is 1. The van der Waals surface area contributed by atoms with Gasteiger partial charge in [-0.3, -0.25) is 0 Å². The van der Waals surface area contributed by atoms with Gasteiger partial charge in [-0.2, -0.15) is 0 Å². The summed E-state index contributed by atoms with van der Waals surface area (Å²) in [6.07, 6.45) is 2.29. The molecule has 2 rings (SSSR count). The molecule has 0 unspecified atom stereocenters. The average Bonchev–Trinajstić information content (AvgIpc) is 2.77. The number of hydrogen-bond donors (Lipinski definition) is 3. The minimum Gasteiger partial charge on any atom is -0.507 e. The van der Waals surface area contributed by atoms with Crippen LogP contribution in [0.3, 0.4) is 0 Å². The molecule has 1 aromatic carbocycles. The lowest BCUT2D eigenvalue weighted by Crippen LogP contribution is -2.29. The summed E-state index contributed by atoms with van der Waals surface area (Å²) < 4.78 is 0. The van der Waals surface area contributed by atoms with Crippen LogP contribution in [0, 0.1) is 5.41 Å². The van der Waals surface area contributed by atoms with Crippen molar-refractivity contribution < 1.29 is 5.11 Å². The van der Waals surface area contributed by atoms with Crippen LogP contribution in [0.1, 0.15) is 12.0 Å². The fourth-order valence-electron chi connectivity index (χ4n) is 2.08. The Labute approximate surface area is 95.4 Å². The van der Waals surface area contributed by atoms with E-state index in [1.54, 1.807) is 12.1 Å². The highest BCUT2D eigenvalue weighted by molar-refractivity contribution is 5.82. The zero-order valence-corrected chi connectivity index (χ0v) is 9.40. The average molecular weight is 219 g/mol. The number of hydrogen-bond acceptors (Lipinski definition) is 4. The third-order valence-electron chi connectivity index (χ3n) is 3.13. The van der Waals surface area contributed by atoms with Crippen molar-refractivity contribution in [2.24, 2.45) is 0 Å². The second kappa shape index (κ2) is 4.53. The molecule has 3 N–H and O–H groups in total. The zero-order valence-electron chi connectivity index (χ0n) is 9.40. The minimum atomic E-state index is 0.181. The van der Waals surface area contributed by atoms with Crippen molar-refractivity contribution in [3.05, 3.63) is 23.8 Å². The van der Waals surface area contributed by atoms with Crippen molar-refractivity contribution in [2.75, 3.05) is 25.0 Å². The number of nitrogens with zero attached hydrogens (tertiary/aromatic N) is 1. The molecule has 16 heavy (non-hydrogen) atoms. The van der Waals surface area contributed by atoms with Crippen molar-refractivity contribution in [1.82, 2.24) is 5.32 Å². The Morgan fingerprint density at radius 1 is 1.56 bits per heavy atom. The smallest absolute Gasteiger partial charge is 0.126 e. The molecule has 4 nitrogen and oxygen atoms in total. The lowest BCUT2D eigenvalue weighted by atomic mass is 10.2. The number of aromatic hydroxyl groups is 1. The molecule has 0 radical (unpaired) electrons. The molecule has 4 heteroatoms. The third-order valence-corrected chi connectivity index (χ3v) is 3.13. The first kappa shape index (κ1) is 11.0. The van der Waals surface area contributed by atoms with E-state index < -0.39 is 0 Å². The number of likely N-dealkylation sites (N-methyl/N-ethyl adjacent to an activating group) is 1. The van der Waals surface area contributed by atoms with Crippen LogP contribution < -0.4 is 10.2 Å². The molecule has 1 aromatic rings. The van der Waals surface area contributed by atoms with Crippen molar-refractivity contribution in [1.29, 1.82) is 5.41 Å². The number of phenols is 1. The van der Waals surface area contributed by atoms with E-state index in [9.17, 15) is 5.11 Å². The molecule has 86 valence electrons. The van der Waals surface area contributed by atoms with Crippen LogP contribution >= 0.6 is 0 Å². The van der Waals surface area contributed by atoms with E-state index in [1.807, 2.05) is 13.1 Å². The van der Waals surface area contributed by atoms with E-state index in [1.165, 1.54) is 6.21 Å². The summed E-state index contributed by atoms with van der Waals surface area (Å²) >= 11 is 0. The lowest BCUT2D eigenvalue weighted by Gasteiger charge is -2.19. The second-order valence-corrected chi connectivity index (χ2v) is 4.11. The van der Waals surface area contributed by atoms with Gasteiger partial charge in [0, 0.05) is 42.7 Å². The van der Waals surface area contributed by atoms with E-state index in [4.69, 9.17) is 5.41 Å². The molecular weight excluding hydrogens is 202 g/mol. The van der Waals surface area contributed by atoms with E-state index in [-0.39, 0.29) is 5.75 Å². The van der Waals surface area contributed by atoms with Crippen LogP contribution in [0.4, 0.5) is 5.69 Å². The standard InChI is InChI=1S/C12H17N3O/c1-14-10-4-5-15(8-10)11-3-2-9(7-13)12(16)6-11/h2-3,6-7,10,13-14,16H,4-5,8H2,1H3/t10-/m1/s1. The molecule has 1 heterocycles. The summed E-state index contributed by atoms with van der Waals surface area (Å²) in [5, 5.41) is 20.1. The Hall–Kier alpha value is -1.55. The van der Waals surface area contributed by atoms with Crippen molar-refractivity contribution in [3.8, 4) is 5.75 Å². The van der Waals surface area contributed by atoms with Gasteiger partial charge in [-0.05, 0) is 25.6 Å². The van der Waals surface area contributed by atoms with Gasteiger partial charge < -0.3 is 20.7 Å². The van der Waals surface area contributed by atoms with Crippen LogP contribution in [0.25, 0.3) is 0 Å². The second-order valence-electron chi connectivity index (χ2n) is 4.11. The van der Waals surface area contributed by atoms with E-state index >= 15 is 0 Å². The maximum Gasteiger partial charge on any atom is 0.126 e. The number of anilines is 1. The summed E-state index contributed by atoms with van der Waals surface area (Å²) in [6, 6.07) is 6.01. The molecule has 1 aliphatic rings. The molecule has 1 fully saturated rings. The zero-order chi connectivity index (χ0) is 11.5. The summed E-state index contributed by atoms with van der Waals surface area (Å²) in [7, 11) is 1.98. The van der Waals surface area contributed by atoms with Crippen LogP contribution in [0.2, 0.25) is 0 Å². The fraction of sp³-hybridized carbons (Fsp3) is 0.417. The Morgan fingerprint density at radius 2 is 2.38 bits per heavy atom. The van der Waals surface area contributed by atoms with Gasteiger partial charge in [-0.15, -0.1) is 0 Å². The van der Waals surface area contributed by atoms with E-state index in [0.717, 1.165) is 25.2 Å². The third kappa shape index (κ3) is 2.02. The molecule has 1 saturated heterocycles. The highest BCUT2D eigenvalue weighted by Gasteiger charge is 2.21. The quantitative estimate of drug-likeness (QED) is 0.669. The van der Waals surface area contributed by atoms with Crippen LogP contribution in [0.5, 0.6) is 5.75 Å². The van der Waals surface area contributed by atoms with Gasteiger partial charge in [0.15, 0.2) is 0 Å². The molecule has 0 amide bonds. The van der Waals surface area contributed by atoms with Gasteiger partial charge >= 0.3 is 0 Å². The Morgan fingerprint density at radius 3 is 2.94 bits per heavy atom. The summed E-state index contributed by atoms with van der Waals surface area (Å²) in [5.41, 5.74) is 1.59. The van der Waals surface area contributed by atoms with Gasteiger partial charge in [0.2, 0.25) is 0 Å². The van der Waals surface area contributed by atoms with Crippen molar-refractivity contribution in [2.45, 2.75) is 12.5 Å². The molecule has 1 atom stereocenters. The first-order chi connectivity index (χ1) is 7.74. The van der Waals surface area contributed by atoms with Crippen LogP contribution in [-0.2, 0) is 0 Å². The Kier molecular flexibility index (Phi) is 3.10. The molecular formula is C12H17N3O. The molecule has 0 spiro atoms. The summed E-state index contributed by atoms with van der Waals surface area (Å²) in [6.45, 7) is 1.98. The Bertz CT molecular complexity index is 392. The highest BCUT2D eigenvalue weighted by Crippen LogP contribution is 2.26. The highest BCUT2D eigenvalue weighted by atomic mass is 16.3. The van der Waals surface area contributed by atoms with Gasteiger partial charge in [0.05, 0.1) is 0 Å². The first-order valence-corrected chi connectivity index (χ1v) is 5.50. The maximum atomic E-state index is 9.68. The monoisotopic (exact) mass is 219 g/mol. The van der Waals surface area contributed by atoms with Crippen LogP contribution in [-0.4, -0.2) is 37.5 Å². The van der Waals surface area contributed by atoms with Crippen LogP contribution in [0.15, 0.2) is 18.2 Å². The van der Waals surface area contributed by atoms with Crippen molar-refractivity contribution >= 4 is 11.9 Å². The predicted octanol–water partition coefficient (Wildman–Crippen LogP) is 1.19. The normalized spacial score (nSPS) is 20.1. The first-order valence-electron chi connectivity index (χ1n) is 5.50. The number of nitrogens with one attached hydrogen (secondary N) is 2. The van der Waals surface area contributed by atoms with Crippen molar-refractivity contribution in [3.63, 3.8) is 0 Å². The SMILES string of the molecule is CN[C@@H]1CCN(c2ccc(C=N)c(O)c2)C1. The van der Waals surface area contributed by atoms with E-state index in [2.05, 4.69) is 10.2 Å². The molecule has 0 aliphatic carbocycles. The fourth-order valence-corrected chi connectivity index (χ4v) is 2.08. The maximum absolute atomic E-state index is 9.68. The molecule has 0 bridgehead atoms. The molecule has 0 saturated carbocycles. The number of rotatable bonds is 3.